The number of carbonyl (C=O) groups is 1. The minimum absolute atomic E-state index is 0.166. The molecule has 1 aliphatic rings. The summed E-state index contributed by atoms with van der Waals surface area (Å²) in [7, 11) is 0. The van der Waals surface area contributed by atoms with E-state index in [-0.39, 0.29) is 5.91 Å². The zero-order valence-corrected chi connectivity index (χ0v) is 10.7. The third kappa shape index (κ3) is 2.25. The van der Waals surface area contributed by atoms with Gasteiger partial charge in [0.1, 0.15) is 0 Å². The van der Waals surface area contributed by atoms with Crippen LogP contribution < -0.4 is 10.6 Å². The molecule has 3 heteroatoms. The van der Waals surface area contributed by atoms with Crippen molar-refractivity contribution in [2.45, 2.75) is 19.5 Å². The Morgan fingerprint density at radius 3 is 2.68 bits per heavy atom. The molecule has 0 atom stereocenters. The normalized spacial score (nSPS) is 13.7. The first-order valence-electron chi connectivity index (χ1n) is 6.44. The maximum absolute atomic E-state index is 12.1. The molecule has 0 unspecified atom stereocenters. The van der Waals surface area contributed by atoms with E-state index in [9.17, 15) is 4.79 Å². The first-order chi connectivity index (χ1) is 9.28. The summed E-state index contributed by atoms with van der Waals surface area (Å²) in [5.41, 5.74) is 10.0. The van der Waals surface area contributed by atoms with Gasteiger partial charge in [-0.1, -0.05) is 42.5 Å². The highest BCUT2D eigenvalue weighted by Crippen LogP contribution is 2.29. The van der Waals surface area contributed by atoms with Crippen LogP contribution in [0.2, 0.25) is 0 Å². The largest absolute Gasteiger partial charge is 0.326 e. The number of fused-ring (bicyclic) bond motifs is 1. The van der Waals surface area contributed by atoms with Crippen molar-refractivity contribution in [1.29, 1.82) is 0 Å². The molecule has 19 heavy (non-hydrogen) atoms. The molecule has 1 aliphatic heterocycles. The molecular formula is C16H16N2O. The van der Waals surface area contributed by atoms with Crippen LogP contribution in [0.25, 0.3) is 0 Å². The quantitative estimate of drug-likeness (QED) is 0.910. The van der Waals surface area contributed by atoms with E-state index in [0.717, 1.165) is 22.4 Å². The van der Waals surface area contributed by atoms with Crippen LogP contribution >= 0.6 is 0 Å². The molecule has 3 nitrogen and oxygen atoms in total. The van der Waals surface area contributed by atoms with E-state index in [2.05, 4.69) is 6.07 Å². The van der Waals surface area contributed by atoms with Crippen molar-refractivity contribution < 1.29 is 4.79 Å². The standard InChI is InChI=1S/C16H16N2O/c17-10-12-4-3-5-13(8-12)11-18-15-7-2-1-6-14(15)9-16(18)19/h1-8H,9-11,17H2. The molecule has 2 aromatic rings. The van der Waals surface area contributed by atoms with Gasteiger partial charge >= 0.3 is 0 Å². The van der Waals surface area contributed by atoms with Crippen molar-refractivity contribution in [3.8, 4) is 0 Å². The van der Waals surface area contributed by atoms with Gasteiger partial charge in [0.25, 0.3) is 0 Å². The Morgan fingerprint density at radius 2 is 1.84 bits per heavy atom. The highest BCUT2D eigenvalue weighted by atomic mass is 16.2. The Kier molecular flexibility index (Phi) is 3.05. The summed E-state index contributed by atoms with van der Waals surface area (Å²) in [5.74, 6) is 0.166. The van der Waals surface area contributed by atoms with Crippen molar-refractivity contribution >= 4 is 11.6 Å². The number of amides is 1. The molecule has 0 saturated heterocycles. The summed E-state index contributed by atoms with van der Waals surface area (Å²) < 4.78 is 0. The molecule has 0 fully saturated rings. The Balaban J connectivity index is 1.89. The topological polar surface area (TPSA) is 46.3 Å². The van der Waals surface area contributed by atoms with Crippen LogP contribution in [-0.2, 0) is 24.3 Å². The van der Waals surface area contributed by atoms with E-state index in [1.807, 2.05) is 47.4 Å². The van der Waals surface area contributed by atoms with Crippen LogP contribution in [0.1, 0.15) is 16.7 Å². The Labute approximate surface area is 112 Å². The minimum Gasteiger partial charge on any atom is -0.326 e. The van der Waals surface area contributed by atoms with Crippen molar-refractivity contribution in [3.63, 3.8) is 0 Å². The molecule has 2 aromatic carbocycles. The fraction of sp³-hybridized carbons (Fsp3) is 0.188. The molecule has 0 spiro atoms. The van der Waals surface area contributed by atoms with E-state index < -0.39 is 0 Å². The number of benzene rings is 2. The van der Waals surface area contributed by atoms with Crippen molar-refractivity contribution in [3.05, 3.63) is 65.2 Å². The molecule has 0 radical (unpaired) electrons. The molecule has 0 bridgehead atoms. The molecular weight excluding hydrogens is 236 g/mol. The molecule has 1 amide bonds. The van der Waals surface area contributed by atoms with Gasteiger partial charge in [-0.3, -0.25) is 4.79 Å². The van der Waals surface area contributed by atoms with Crippen molar-refractivity contribution in [2.24, 2.45) is 5.73 Å². The number of nitrogens with two attached hydrogens (primary N) is 1. The van der Waals surface area contributed by atoms with Crippen LogP contribution in [0, 0.1) is 0 Å². The van der Waals surface area contributed by atoms with E-state index in [4.69, 9.17) is 5.73 Å². The second-order valence-electron chi connectivity index (χ2n) is 4.81. The van der Waals surface area contributed by atoms with Gasteiger partial charge in [-0.25, -0.2) is 0 Å². The fourth-order valence-electron chi connectivity index (χ4n) is 2.53. The molecule has 2 N–H and O–H groups in total. The lowest BCUT2D eigenvalue weighted by atomic mass is 10.1. The number of hydrogen-bond donors (Lipinski definition) is 1. The lowest BCUT2D eigenvalue weighted by Crippen LogP contribution is -2.26. The maximum Gasteiger partial charge on any atom is 0.231 e. The maximum atomic E-state index is 12.1. The van der Waals surface area contributed by atoms with Gasteiger partial charge in [0.15, 0.2) is 0 Å². The zero-order valence-electron chi connectivity index (χ0n) is 10.7. The number of nitrogens with zero attached hydrogens (tertiary/aromatic N) is 1. The molecule has 1 heterocycles. The highest BCUT2D eigenvalue weighted by molar-refractivity contribution is 6.01. The van der Waals surface area contributed by atoms with Crippen LogP contribution in [0.15, 0.2) is 48.5 Å². The first-order valence-corrected chi connectivity index (χ1v) is 6.44. The van der Waals surface area contributed by atoms with E-state index >= 15 is 0 Å². The number of para-hydroxylation sites is 1. The second kappa shape index (κ2) is 4.86. The van der Waals surface area contributed by atoms with E-state index in [0.29, 0.717) is 19.5 Å². The molecule has 0 saturated carbocycles. The fourth-order valence-corrected chi connectivity index (χ4v) is 2.53. The smallest absolute Gasteiger partial charge is 0.231 e. The van der Waals surface area contributed by atoms with Crippen LogP contribution in [0.4, 0.5) is 5.69 Å². The summed E-state index contributed by atoms with van der Waals surface area (Å²) in [6.45, 7) is 1.14. The summed E-state index contributed by atoms with van der Waals surface area (Å²) in [4.78, 5) is 13.9. The van der Waals surface area contributed by atoms with Crippen LogP contribution in [-0.4, -0.2) is 5.91 Å². The highest BCUT2D eigenvalue weighted by Gasteiger charge is 2.26. The van der Waals surface area contributed by atoms with Crippen molar-refractivity contribution in [1.82, 2.24) is 0 Å². The molecule has 3 rings (SSSR count). The second-order valence-corrected chi connectivity index (χ2v) is 4.81. The Hall–Kier alpha value is -2.13. The van der Waals surface area contributed by atoms with E-state index in [1.165, 1.54) is 0 Å². The summed E-state index contributed by atoms with van der Waals surface area (Å²) in [5, 5.41) is 0. The predicted molar refractivity (Wildman–Crippen MR) is 75.7 cm³/mol. The Morgan fingerprint density at radius 1 is 1.05 bits per heavy atom. The monoisotopic (exact) mass is 252 g/mol. The average molecular weight is 252 g/mol. The van der Waals surface area contributed by atoms with Crippen molar-refractivity contribution in [2.75, 3.05) is 4.90 Å². The number of hydrogen-bond acceptors (Lipinski definition) is 2. The molecule has 96 valence electrons. The summed E-state index contributed by atoms with van der Waals surface area (Å²) in [6.07, 6.45) is 0.507. The third-order valence-corrected chi connectivity index (χ3v) is 3.49. The van der Waals surface area contributed by atoms with E-state index in [1.54, 1.807) is 0 Å². The Bertz CT molecular complexity index is 622. The number of rotatable bonds is 3. The van der Waals surface area contributed by atoms with Crippen LogP contribution in [0.5, 0.6) is 0 Å². The van der Waals surface area contributed by atoms with Gasteiger partial charge in [0.05, 0.1) is 13.0 Å². The van der Waals surface area contributed by atoms with Crippen LogP contribution in [0.3, 0.4) is 0 Å². The molecule has 0 aromatic heterocycles. The minimum atomic E-state index is 0.166. The number of anilines is 1. The lowest BCUT2D eigenvalue weighted by molar-refractivity contribution is -0.117. The zero-order chi connectivity index (χ0) is 13.2. The van der Waals surface area contributed by atoms with Gasteiger partial charge < -0.3 is 10.6 Å². The van der Waals surface area contributed by atoms with Gasteiger partial charge in [0, 0.05) is 12.2 Å². The van der Waals surface area contributed by atoms with Gasteiger partial charge in [-0.15, -0.1) is 0 Å². The summed E-state index contributed by atoms with van der Waals surface area (Å²) >= 11 is 0. The molecule has 0 aliphatic carbocycles. The third-order valence-electron chi connectivity index (χ3n) is 3.49. The average Bonchev–Trinajstić information content (AvgIpc) is 2.76. The first kappa shape index (κ1) is 11.9. The van der Waals surface area contributed by atoms with Gasteiger partial charge in [-0.2, -0.15) is 0 Å². The SMILES string of the molecule is NCc1cccc(CN2C(=O)Cc3ccccc32)c1. The van der Waals surface area contributed by atoms with Gasteiger partial charge in [0.2, 0.25) is 5.91 Å². The summed E-state index contributed by atoms with van der Waals surface area (Å²) in [6, 6.07) is 16.1. The number of carbonyl (C=O) groups excluding carboxylic acids is 1. The predicted octanol–water partition coefficient (Wildman–Crippen LogP) is 2.23. The van der Waals surface area contributed by atoms with Gasteiger partial charge in [-0.05, 0) is 22.8 Å². The lowest BCUT2D eigenvalue weighted by Gasteiger charge is -2.18.